The van der Waals surface area contributed by atoms with Gasteiger partial charge in [0.25, 0.3) is 0 Å². The van der Waals surface area contributed by atoms with Crippen molar-refractivity contribution in [1.29, 1.82) is 0 Å². The average molecular weight is 233 g/mol. The van der Waals surface area contributed by atoms with Crippen LogP contribution in [0.3, 0.4) is 0 Å². The molecule has 0 aromatic carbocycles. The number of rotatable bonds is 7. The van der Waals surface area contributed by atoms with E-state index in [0.717, 1.165) is 30.7 Å². The Morgan fingerprint density at radius 1 is 1.35 bits per heavy atom. The number of nitrogens with one attached hydrogen (secondary N) is 1. The third-order valence-corrected chi connectivity index (χ3v) is 4.12. The van der Waals surface area contributed by atoms with E-state index in [9.17, 15) is 0 Å². The molecule has 0 spiro atoms. The van der Waals surface area contributed by atoms with E-state index in [2.05, 4.69) is 24.4 Å². The molecule has 2 aliphatic rings. The molecule has 2 saturated carbocycles. The Bertz CT molecular complexity index is 367. The van der Waals surface area contributed by atoms with Crippen LogP contribution in [0.5, 0.6) is 0 Å². The van der Waals surface area contributed by atoms with Gasteiger partial charge in [-0.15, -0.1) is 0 Å². The van der Waals surface area contributed by atoms with Gasteiger partial charge >= 0.3 is 0 Å². The SMILES string of the molecule is CC1CC1c1ccc(CNCCCC2CC2)o1. The predicted octanol–water partition coefficient (Wildman–Crippen LogP) is 3.68. The first-order valence-corrected chi connectivity index (χ1v) is 7.12. The van der Waals surface area contributed by atoms with E-state index >= 15 is 0 Å². The van der Waals surface area contributed by atoms with E-state index < -0.39 is 0 Å². The standard InChI is InChI=1S/C15H23NO/c1-11-9-14(11)15-7-6-13(17-15)10-16-8-2-3-12-4-5-12/h6-7,11-12,14,16H,2-5,8-10H2,1H3. The average Bonchev–Trinajstić information content (AvgIpc) is 3.22. The van der Waals surface area contributed by atoms with Crippen LogP contribution in [0, 0.1) is 11.8 Å². The van der Waals surface area contributed by atoms with E-state index in [-0.39, 0.29) is 0 Å². The van der Waals surface area contributed by atoms with Crippen molar-refractivity contribution in [2.75, 3.05) is 6.54 Å². The summed E-state index contributed by atoms with van der Waals surface area (Å²) >= 11 is 0. The summed E-state index contributed by atoms with van der Waals surface area (Å²) in [7, 11) is 0. The maximum atomic E-state index is 5.86. The number of hydrogen-bond donors (Lipinski definition) is 1. The summed E-state index contributed by atoms with van der Waals surface area (Å²) in [4.78, 5) is 0. The van der Waals surface area contributed by atoms with Crippen molar-refractivity contribution in [3.63, 3.8) is 0 Å². The van der Waals surface area contributed by atoms with Gasteiger partial charge in [-0.2, -0.15) is 0 Å². The van der Waals surface area contributed by atoms with E-state index in [1.165, 1.54) is 37.9 Å². The maximum Gasteiger partial charge on any atom is 0.117 e. The highest BCUT2D eigenvalue weighted by atomic mass is 16.3. The van der Waals surface area contributed by atoms with Gasteiger partial charge in [0.1, 0.15) is 11.5 Å². The van der Waals surface area contributed by atoms with Gasteiger partial charge in [-0.05, 0) is 49.8 Å². The van der Waals surface area contributed by atoms with Gasteiger partial charge in [-0.3, -0.25) is 0 Å². The first-order valence-electron chi connectivity index (χ1n) is 7.12. The van der Waals surface area contributed by atoms with Crippen molar-refractivity contribution in [1.82, 2.24) is 5.32 Å². The zero-order valence-corrected chi connectivity index (χ0v) is 10.7. The van der Waals surface area contributed by atoms with E-state index in [1.807, 2.05) is 0 Å². The van der Waals surface area contributed by atoms with Gasteiger partial charge in [0.05, 0.1) is 6.54 Å². The first-order chi connectivity index (χ1) is 8.33. The lowest BCUT2D eigenvalue weighted by Crippen LogP contribution is -2.14. The van der Waals surface area contributed by atoms with Crippen molar-refractivity contribution in [2.24, 2.45) is 11.8 Å². The highest BCUT2D eigenvalue weighted by molar-refractivity contribution is 5.17. The Hall–Kier alpha value is -0.760. The van der Waals surface area contributed by atoms with Crippen molar-refractivity contribution >= 4 is 0 Å². The van der Waals surface area contributed by atoms with Crippen LogP contribution in [0.1, 0.15) is 56.5 Å². The van der Waals surface area contributed by atoms with Crippen molar-refractivity contribution < 1.29 is 4.42 Å². The maximum absolute atomic E-state index is 5.86. The molecule has 2 nitrogen and oxygen atoms in total. The van der Waals surface area contributed by atoms with E-state index in [0.29, 0.717) is 5.92 Å². The van der Waals surface area contributed by atoms with Gasteiger partial charge in [-0.25, -0.2) is 0 Å². The summed E-state index contributed by atoms with van der Waals surface area (Å²) in [6, 6.07) is 4.30. The van der Waals surface area contributed by atoms with E-state index in [1.54, 1.807) is 0 Å². The molecule has 0 saturated heterocycles. The molecule has 2 atom stereocenters. The van der Waals surface area contributed by atoms with Crippen molar-refractivity contribution in [3.8, 4) is 0 Å². The minimum Gasteiger partial charge on any atom is -0.464 e. The molecule has 0 aliphatic heterocycles. The molecule has 1 aromatic rings. The molecule has 0 radical (unpaired) electrons. The van der Waals surface area contributed by atoms with E-state index in [4.69, 9.17) is 4.42 Å². The number of furan rings is 1. The van der Waals surface area contributed by atoms with Crippen molar-refractivity contribution in [3.05, 3.63) is 23.7 Å². The fourth-order valence-corrected chi connectivity index (χ4v) is 2.54. The minimum absolute atomic E-state index is 0.707. The summed E-state index contributed by atoms with van der Waals surface area (Å²) in [5.74, 6) is 4.90. The predicted molar refractivity (Wildman–Crippen MR) is 68.9 cm³/mol. The van der Waals surface area contributed by atoms with Gasteiger partial charge in [0, 0.05) is 5.92 Å². The summed E-state index contributed by atoms with van der Waals surface area (Å²) in [6.07, 6.45) is 6.98. The Kier molecular flexibility index (Phi) is 3.24. The zero-order valence-electron chi connectivity index (χ0n) is 10.7. The molecular weight excluding hydrogens is 210 g/mol. The van der Waals surface area contributed by atoms with Crippen LogP contribution in [0.15, 0.2) is 16.5 Å². The quantitative estimate of drug-likeness (QED) is 0.727. The molecule has 2 heteroatoms. The van der Waals surface area contributed by atoms with Crippen LogP contribution >= 0.6 is 0 Å². The second kappa shape index (κ2) is 4.85. The van der Waals surface area contributed by atoms with Gasteiger partial charge < -0.3 is 9.73 Å². The lowest BCUT2D eigenvalue weighted by molar-refractivity contribution is 0.441. The topological polar surface area (TPSA) is 25.2 Å². The highest BCUT2D eigenvalue weighted by Crippen LogP contribution is 2.47. The normalized spacial score (nSPS) is 27.4. The molecule has 3 rings (SSSR count). The fourth-order valence-electron chi connectivity index (χ4n) is 2.54. The Labute approximate surface area is 104 Å². The first kappa shape index (κ1) is 11.3. The Morgan fingerprint density at radius 3 is 2.88 bits per heavy atom. The van der Waals surface area contributed by atoms with Crippen LogP contribution in [0.2, 0.25) is 0 Å². The van der Waals surface area contributed by atoms with Gasteiger partial charge in [-0.1, -0.05) is 19.8 Å². The molecule has 2 unspecified atom stereocenters. The van der Waals surface area contributed by atoms with Crippen LogP contribution in [0.25, 0.3) is 0 Å². The smallest absolute Gasteiger partial charge is 0.117 e. The molecule has 0 bridgehead atoms. The summed E-state index contributed by atoms with van der Waals surface area (Å²) in [5, 5.41) is 3.47. The monoisotopic (exact) mass is 233 g/mol. The molecule has 94 valence electrons. The molecule has 1 aromatic heterocycles. The Morgan fingerprint density at radius 2 is 2.18 bits per heavy atom. The second-order valence-electron chi connectivity index (χ2n) is 5.89. The minimum atomic E-state index is 0.707. The fraction of sp³-hybridized carbons (Fsp3) is 0.733. The van der Waals surface area contributed by atoms with Gasteiger partial charge in [0.2, 0.25) is 0 Å². The second-order valence-corrected chi connectivity index (χ2v) is 5.89. The lowest BCUT2D eigenvalue weighted by Gasteiger charge is -2.02. The zero-order chi connectivity index (χ0) is 11.7. The third kappa shape index (κ3) is 3.12. The van der Waals surface area contributed by atoms with Crippen LogP contribution in [-0.2, 0) is 6.54 Å². The van der Waals surface area contributed by atoms with Crippen LogP contribution < -0.4 is 5.32 Å². The largest absolute Gasteiger partial charge is 0.464 e. The molecule has 2 aliphatic carbocycles. The third-order valence-electron chi connectivity index (χ3n) is 4.12. The number of hydrogen-bond acceptors (Lipinski definition) is 2. The highest BCUT2D eigenvalue weighted by Gasteiger charge is 2.36. The summed E-state index contributed by atoms with van der Waals surface area (Å²) in [5.41, 5.74) is 0. The van der Waals surface area contributed by atoms with Crippen molar-refractivity contribution in [2.45, 2.75) is 51.5 Å². The molecule has 1 N–H and O–H groups in total. The van der Waals surface area contributed by atoms with Gasteiger partial charge in [0.15, 0.2) is 0 Å². The molecule has 1 heterocycles. The lowest BCUT2D eigenvalue weighted by atomic mass is 10.2. The Balaban J connectivity index is 1.34. The molecule has 17 heavy (non-hydrogen) atoms. The molecule has 2 fully saturated rings. The van der Waals surface area contributed by atoms with Crippen LogP contribution in [0.4, 0.5) is 0 Å². The molecule has 0 amide bonds. The molecular formula is C15H23NO. The summed E-state index contributed by atoms with van der Waals surface area (Å²) in [6.45, 7) is 4.32. The van der Waals surface area contributed by atoms with Crippen LogP contribution in [-0.4, -0.2) is 6.54 Å². The summed E-state index contributed by atoms with van der Waals surface area (Å²) < 4.78 is 5.86.